The number of hydrogen-bond acceptors (Lipinski definition) is 5. The molecular weight excluding hydrogens is 414 g/mol. The van der Waals surface area contributed by atoms with Crippen molar-refractivity contribution in [2.45, 2.75) is 31.6 Å². The molecule has 0 amide bonds. The Morgan fingerprint density at radius 1 is 1.03 bits per heavy atom. The van der Waals surface area contributed by atoms with Crippen LogP contribution in [0.15, 0.2) is 64.8 Å². The minimum atomic E-state index is -0.680. The van der Waals surface area contributed by atoms with E-state index in [4.69, 9.17) is 26.1 Å². The average Bonchev–Trinajstić information content (AvgIpc) is 2.77. The van der Waals surface area contributed by atoms with Crippen LogP contribution in [0.1, 0.15) is 42.7 Å². The predicted octanol–water partition coefficient (Wildman–Crippen LogP) is 5.10. The van der Waals surface area contributed by atoms with E-state index >= 15 is 0 Å². The number of hydrogen-bond donors (Lipinski definition) is 0. The van der Waals surface area contributed by atoms with Gasteiger partial charge in [0.15, 0.2) is 5.78 Å². The number of Topliss-reactive ketones (excluding diaryl/α,β-unsaturated/α-hetero) is 1. The first-order valence-corrected chi connectivity index (χ1v) is 10.6. The Balaban J connectivity index is 1.86. The van der Waals surface area contributed by atoms with Gasteiger partial charge in [0.25, 0.3) is 0 Å². The van der Waals surface area contributed by atoms with Gasteiger partial charge in [0.05, 0.1) is 14.2 Å². The summed E-state index contributed by atoms with van der Waals surface area (Å²) >= 11 is 6.42. The molecule has 3 atom stereocenters. The molecule has 0 spiro atoms. The number of nitrogens with zero attached hydrogens (tertiary/aromatic N) is 1. The fourth-order valence-electron chi connectivity index (χ4n) is 4.78. The van der Waals surface area contributed by atoms with Crippen molar-refractivity contribution in [2.75, 3.05) is 14.2 Å². The Labute approximate surface area is 186 Å². The van der Waals surface area contributed by atoms with Gasteiger partial charge in [-0.1, -0.05) is 48.0 Å². The largest absolute Gasteiger partial charge is 0.496 e. The minimum Gasteiger partial charge on any atom is -0.496 e. The zero-order chi connectivity index (χ0) is 22.1. The topological polar surface area (TPSA) is 65.0 Å². The van der Waals surface area contributed by atoms with Gasteiger partial charge in [0.2, 0.25) is 0 Å². The van der Waals surface area contributed by atoms with E-state index in [2.05, 4.69) is 0 Å². The molecule has 0 saturated heterocycles. The summed E-state index contributed by atoms with van der Waals surface area (Å²) in [7, 11) is 2.94. The lowest BCUT2D eigenvalue weighted by Gasteiger charge is -2.36. The molecule has 0 bridgehead atoms. The van der Waals surface area contributed by atoms with Gasteiger partial charge in [0.1, 0.15) is 11.7 Å². The summed E-state index contributed by atoms with van der Waals surface area (Å²) in [6.07, 6.45) is 0.901. The third-order valence-electron chi connectivity index (χ3n) is 6.16. The van der Waals surface area contributed by atoms with Gasteiger partial charge >= 0.3 is 5.97 Å². The molecule has 0 N–H and O–H groups in total. The predicted molar refractivity (Wildman–Crippen MR) is 120 cm³/mol. The van der Waals surface area contributed by atoms with Gasteiger partial charge in [-0.25, -0.2) is 0 Å². The number of methoxy groups -OCH3 is 2. The van der Waals surface area contributed by atoms with Gasteiger partial charge in [-0.15, -0.1) is 0 Å². The second kappa shape index (κ2) is 8.67. The Morgan fingerprint density at radius 3 is 2.39 bits per heavy atom. The fraction of sp³-hybridized carbons (Fsp3) is 0.320. The first-order chi connectivity index (χ1) is 15.0. The molecule has 0 fully saturated rings. The summed E-state index contributed by atoms with van der Waals surface area (Å²) in [5.74, 6) is -1.04. The van der Waals surface area contributed by atoms with Crippen molar-refractivity contribution in [1.29, 1.82) is 0 Å². The molecule has 1 heterocycles. The van der Waals surface area contributed by atoms with E-state index in [1.165, 1.54) is 7.11 Å². The van der Waals surface area contributed by atoms with Crippen LogP contribution in [0.3, 0.4) is 0 Å². The molecular formula is C25H24ClNO4. The number of esters is 1. The molecule has 1 aliphatic heterocycles. The zero-order valence-corrected chi connectivity index (χ0v) is 18.5. The van der Waals surface area contributed by atoms with E-state index in [1.54, 1.807) is 7.11 Å². The number of halogens is 1. The van der Waals surface area contributed by atoms with E-state index in [0.29, 0.717) is 34.9 Å². The number of ether oxygens (including phenoxy) is 2. The normalized spacial score (nSPS) is 23.2. The van der Waals surface area contributed by atoms with E-state index in [-0.39, 0.29) is 11.7 Å². The van der Waals surface area contributed by atoms with Crippen LogP contribution in [0.5, 0.6) is 5.75 Å². The zero-order valence-electron chi connectivity index (χ0n) is 17.7. The van der Waals surface area contributed by atoms with Crippen molar-refractivity contribution in [3.05, 3.63) is 76.0 Å². The maximum absolute atomic E-state index is 13.5. The first kappa shape index (κ1) is 21.3. The summed E-state index contributed by atoms with van der Waals surface area (Å²) in [5.41, 5.74) is 3.66. The molecule has 31 heavy (non-hydrogen) atoms. The monoisotopic (exact) mass is 437 g/mol. The Kier molecular flexibility index (Phi) is 5.96. The highest BCUT2D eigenvalue weighted by molar-refractivity contribution is 6.31. The number of rotatable bonds is 4. The van der Waals surface area contributed by atoms with Crippen LogP contribution in [-0.4, -0.2) is 31.7 Å². The number of ketones is 1. The summed E-state index contributed by atoms with van der Waals surface area (Å²) in [4.78, 5) is 31.0. The minimum absolute atomic E-state index is 0.0211. The molecule has 0 aromatic heterocycles. The SMILES string of the molecule is COC(=O)C1C(C)=NC2=C(C(=O)C[C@@H](c3ccccc3Cl)C2)[C@@H]1c1ccccc1OC. The molecule has 2 aromatic carbocycles. The van der Waals surface area contributed by atoms with Gasteiger partial charge in [-0.05, 0) is 37.0 Å². The van der Waals surface area contributed by atoms with Crippen molar-refractivity contribution < 1.29 is 19.1 Å². The standard InChI is InChI=1S/C25H24ClNO4/c1-14-22(25(29)31-3)23(17-9-5-7-11-21(17)30-2)24-19(27-14)12-15(13-20(24)28)16-8-4-6-10-18(16)26/h4-11,15,22-23H,12-13H2,1-3H3/t15-,22?,23+/m0/s1. The molecule has 0 saturated carbocycles. The van der Waals surface area contributed by atoms with Crippen molar-refractivity contribution in [1.82, 2.24) is 0 Å². The molecule has 6 heteroatoms. The van der Waals surface area contributed by atoms with Crippen LogP contribution in [0, 0.1) is 5.92 Å². The van der Waals surface area contributed by atoms with Gasteiger partial charge in [-0.2, -0.15) is 0 Å². The maximum atomic E-state index is 13.5. The second-order valence-electron chi connectivity index (χ2n) is 7.88. The highest BCUT2D eigenvalue weighted by Gasteiger charge is 2.45. The van der Waals surface area contributed by atoms with E-state index in [0.717, 1.165) is 16.8 Å². The van der Waals surface area contributed by atoms with Crippen molar-refractivity contribution in [3.8, 4) is 5.75 Å². The summed E-state index contributed by atoms with van der Waals surface area (Å²) in [6.45, 7) is 1.82. The van der Waals surface area contributed by atoms with Crippen LogP contribution >= 0.6 is 11.6 Å². The summed E-state index contributed by atoms with van der Waals surface area (Å²) in [6, 6.07) is 15.1. The molecule has 1 aliphatic carbocycles. The smallest absolute Gasteiger partial charge is 0.315 e. The lowest BCUT2D eigenvalue weighted by molar-refractivity contribution is -0.143. The molecule has 2 aliphatic rings. The lowest BCUT2D eigenvalue weighted by Crippen LogP contribution is -2.38. The van der Waals surface area contributed by atoms with Crippen LogP contribution in [0.2, 0.25) is 5.02 Å². The molecule has 0 radical (unpaired) electrons. The molecule has 5 nitrogen and oxygen atoms in total. The van der Waals surface area contributed by atoms with Crippen LogP contribution < -0.4 is 4.74 Å². The van der Waals surface area contributed by atoms with E-state index in [9.17, 15) is 9.59 Å². The van der Waals surface area contributed by atoms with Crippen molar-refractivity contribution >= 4 is 29.1 Å². The Hall–Kier alpha value is -2.92. The van der Waals surface area contributed by atoms with Crippen molar-refractivity contribution in [3.63, 3.8) is 0 Å². The highest BCUT2D eigenvalue weighted by Crippen LogP contribution is 2.49. The second-order valence-corrected chi connectivity index (χ2v) is 8.29. The molecule has 4 rings (SSSR count). The maximum Gasteiger partial charge on any atom is 0.315 e. The third kappa shape index (κ3) is 3.79. The molecule has 160 valence electrons. The van der Waals surface area contributed by atoms with E-state index in [1.807, 2.05) is 55.5 Å². The Morgan fingerprint density at radius 2 is 1.71 bits per heavy atom. The molecule has 2 aromatic rings. The third-order valence-corrected chi connectivity index (χ3v) is 6.51. The number of carbonyl (C=O) groups is 2. The number of para-hydroxylation sites is 1. The molecule has 1 unspecified atom stereocenters. The van der Waals surface area contributed by atoms with Crippen LogP contribution in [0.25, 0.3) is 0 Å². The van der Waals surface area contributed by atoms with Gasteiger partial charge in [-0.3, -0.25) is 14.6 Å². The van der Waals surface area contributed by atoms with Crippen molar-refractivity contribution in [2.24, 2.45) is 10.9 Å². The quantitative estimate of drug-likeness (QED) is 0.624. The average molecular weight is 438 g/mol. The number of carbonyl (C=O) groups excluding carboxylic acids is 2. The summed E-state index contributed by atoms with van der Waals surface area (Å²) in [5, 5.41) is 0.648. The van der Waals surface area contributed by atoms with Gasteiger partial charge < -0.3 is 9.47 Å². The summed E-state index contributed by atoms with van der Waals surface area (Å²) < 4.78 is 10.7. The first-order valence-electron chi connectivity index (χ1n) is 10.2. The fourth-order valence-corrected chi connectivity index (χ4v) is 5.07. The number of benzene rings is 2. The Bertz CT molecular complexity index is 1100. The number of aliphatic imine (C=N–C) groups is 1. The van der Waals surface area contributed by atoms with E-state index < -0.39 is 17.8 Å². The highest BCUT2D eigenvalue weighted by atomic mass is 35.5. The lowest BCUT2D eigenvalue weighted by atomic mass is 9.69. The number of allylic oxidation sites excluding steroid dienone is 2. The van der Waals surface area contributed by atoms with Crippen LogP contribution in [-0.2, 0) is 14.3 Å². The van der Waals surface area contributed by atoms with Crippen LogP contribution in [0.4, 0.5) is 0 Å². The van der Waals surface area contributed by atoms with Gasteiger partial charge in [0, 0.05) is 39.9 Å².